The predicted molar refractivity (Wildman–Crippen MR) is 87.1 cm³/mol. The van der Waals surface area contributed by atoms with Crippen LogP contribution in [0.1, 0.15) is 30.1 Å². The fourth-order valence-corrected chi connectivity index (χ4v) is 2.34. The van der Waals surface area contributed by atoms with Crippen LogP contribution < -0.4 is 11.1 Å². The summed E-state index contributed by atoms with van der Waals surface area (Å²) in [7, 11) is 0. The molecule has 2 aromatic heterocycles. The summed E-state index contributed by atoms with van der Waals surface area (Å²) >= 11 is 0. The smallest absolute Gasteiger partial charge is 0.365 e. The van der Waals surface area contributed by atoms with Crippen molar-refractivity contribution in [1.82, 2.24) is 15.0 Å². The van der Waals surface area contributed by atoms with E-state index in [-0.39, 0.29) is 5.95 Å². The first-order valence-electron chi connectivity index (χ1n) is 7.61. The summed E-state index contributed by atoms with van der Waals surface area (Å²) in [5, 5.41) is 3.57. The summed E-state index contributed by atoms with van der Waals surface area (Å²) < 4.78 is 57.7. The van der Waals surface area contributed by atoms with Gasteiger partial charge in [-0.05, 0) is 31.5 Å². The molecule has 1 atom stereocenters. The Morgan fingerprint density at radius 2 is 1.88 bits per heavy atom. The lowest BCUT2D eigenvalue weighted by Gasteiger charge is -2.16. The highest BCUT2D eigenvalue weighted by molar-refractivity contribution is 5.78. The van der Waals surface area contributed by atoms with E-state index in [4.69, 9.17) is 10.2 Å². The summed E-state index contributed by atoms with van der Waals surface area (Å²) in [5.74, 6) is -6.38. The number of halogens is 4. The van der Waals surface area contributed by atoms with Gasteiger partial charge < -0.3 is 15.5 Å². The molecule has 3 aromatic rings. The van der Waals surface area contributed by atoms with E-state index in [9.17, 15) is 17.6 Å². The van der Waals surface area contributed by atoms with Crippen LogP contribution in [0.3, 0.4) is 0 Å². The van der Waals surface area contributed by atoms with Crippen molar-refractivity contribution in [1.29, 1.82) is 0 Å². The standard InChI is InChI=1S/C16H15F4N5O/c1-7-3-4-9-6-10(26-11(9)5-7)8(2)22-15-24-13(23-14(21)25-15)16(19,20)12(17)18/h3-6,8,12H,1-2H3,(H3,21,22,23,24,25). The minimum atomic E-state index is -4.53. The van der Waals surface area contributed by atoms with E-state index in [1.54, 1.807) is 13.0 Å². The number of fused-ring (bicyclic) bond motifs is 1. The van der Waals surface area contributed by atoms with E-state index in [0.717, 1.165) is 10.9 Å². The van der Waals surface area contributed by atoms with Gasteiger partial charge in [-0.25, -0.2) is 8.78 Å². The fraction of sp³-hybridized carbons (Fsp3) is 0.312. The number of nitrogens with two attached hydrogens (primary N) is 1. The highest BCUT2D eigenvalue weighted by Crippen LogP contribution is 2.33. The summed E-state index contributed by atoms with van der Waals surface area (Å²) in [4.78, 5) is 10.2. The number of nitrogen functional groups attached to an aromatic ring is 1. The lowest BCUT2D eigenvalue weighted by atomic mass is 10.2. The van der Waals surface area contributed by atoms with E-state index >= 15 is 0 Å². The lowest BCUT2D eigenvalue weighted by molar-refractivity contribution is -0.140. The van der Waals surface area contributed by atoms with Crippen molar-refractivity contribution in [2.24, 2.45) is 0 Å². The number of furan rings is 1. The van der Waals surface area contributed by atoms with Gasteiger partial charge in [0.2, 0.25) is 17.7 Å². The van der Waals surface area contributed by atoms with Gasteiger partial charge in [0.15, 0.2) is 0 Å². The Morgan fingerprint density at radius 1 is 1.15 bits per heavy atom. The summed E-state index contributed by atoms with van der Waals surface area (Å²) in [6, 6.07) is 6.90. The quantitative estimate of drug-likeness (QED) is 0.660. The number of benzene rings is 1. The third-order valence-corrected chi connectivity index (χ3v) is 3.69. The number of anilines is 2. The molecule has 10 heteroatoms. The molecule has 0 saturated carbocycles. The molecule has 0 bridgehead atoms. The second-order valence-corrected chi connectivity index (χ2v) is 5.82. The molecule has 0 saturated heterocycles. The van der Waals surface area contributed by atoms with Crippen molar-refractivity contribution in [3.63, 3.8) is 0 Å². The van der Waals surface area contributed by atoms with Crippen molar-refractivity contribution < 1.29 is 22.0 Å². The molecular weight excluding hydrogens is 354 g/mol. The number of hydrogen-bond acceptors (Lipinski definition) is 6. The maximum absolute atomic E-state index is 13.5. The van der Waals surface area contributed by atoms with Crippen LogP contribution in [0.15, 0.2) is 28.7 Å². The number of nitrogens with zero attached hydrogens (tertiary/aromatic N) is 3. The van der Waals surface area contributed by atoms with Gasteiger partial charge in [0.25, 0.3) is 0 Å². The number of rotatable bonds is 5. The molecular formula is C16H15F4N5O. The monoisotopic (exact) mass is 369 g/mol. The van der Waals surface area contributed by atoms with E-state index in [0.29, 0.717) is 11.3 Å². The van der Waals surface area contributed by atoms with Crippen LogP contribution in [0.25, 0.3) is 11.0 Å². The van der Waals surface area contributed by atoms with Crippen LogP contribution >= 0.6 is 0 Å². The lowest BCUT2D eigenvalue weighted by Crippen LogP contribution is -2.28. The molecule has 0 radical (unpaired) electrons. The Kier molecular flexibility index (Phi) is 4.43. The van der Waals surface area contributed by atoms with Gasteiger partial charge in [0.05, 0.1) is 6.04 Å². The predicted octanol–water partition coefficient (Wildman–Crippen LogP) is 4.04. The first kappa shape index (κ1) is 17.9. The molecule has 0 aliphatic heterocycles. The second kappa shape index (κ2) is 6.43. The van der Waals surface area contributed by atoms with Gasteiger partial charge in [0, 0.05) is 5.39 Å². The Hall–Kier alpha value is -2.91. The average molecular weight is 369 g/mol. The molecule has 0 fully saturated rings. The topological polar surface area (TPSA) is 89.9 Å². The Bertz CT molecular complexity index is 944. The van der Waals surface area contributed by atoms with E-state index in [2.05, 4.69) is 20.3 Å². The van der Waals surface area contributed by atoms with Crippen molar-refractivity contribution in [2.45, 2.75) is 32.2 Å². The molecule has 0 amide bonds. The van der Waals surface area contributed by atoms with Crippen molar-refractivity contribution in [2.75, 3.05) is 11.1 Å². The van der Waals surface area contributed by atoms with Crippen molar-refractivity contribution >= 4 is 22.9 Å². The van der Waals surface area contributed by atoms with Crippen molar-refractivity contribution in [3.8, 4) is 0 Å². The number of aryl methyl sites for hydroxylation is 1. The largest absolute Gasteiger partial charge is 0.459 e. The molecule has 6 nitrogen and oxygen atoms in total. The first-order valence-corrected chi connectivity index (χ1v) is 7.61. The van der Waals surface area contributed by atoms with Gasteiger partial charge in [-0.1, -0.05) is 12.1 Å². The summed E-state index contributed by atoms with van der Waals surface area (Å²) in [6.45, 7) is 3.59. The van der Waals surface area contributed by atoms with Crippen LogP contribution in [0.2, 0.25) is 0 Å². The highest BCUT2D eigenvalue weighted by atomic mass is 19.3. The Balaban J connectivity index is 1.88. The maximum atomic E-state index is 13.5. The number of aromatic nitrogens is 3. The zero-order valence-corrected chi connectivity index (χ0v) is 13.8. The molecule has 1 unspecified atom stereocenters. The first-order chi connectivity index (χ1) is 12.2. The molecule has 1 aromatic carbocycles. The minimum absolute atomic E-state index is 0.350. The van der Waals surface area contributed by atoms with E-state index in [1.807, 2.05) is 25.1 Å². The Labute approximate surface area is 145 Å². The minimum Gasteiger partial charge on any atom is -0.459 e. The molecule has 0 aliphatic rings. The highest BCUT2D eigenvalue weighted by Gasteiger charge is 2.46. The van der Waals surface area contributed by atoms with E-state index < -0.39 is 30.2 Å². The number of alkyl halides is 4. The molecule has 2 heterocycles. The molecule has 3 N–H and O–H groups in total. The zero-order chi connectivity index (χ0) is 19.1. The van der Waals surface area contributed by atoms with Crippen LogP contribution in [0, 0.1) is 6.92 Å². The normalized spacial score (nSPS) is 13.3. The second-order valence-electron chi connectivity index (χ2n) is 5.82. The van der Waals surface area contributed by atoms with Gasteiger partial charge in [0.1, 0.15) is 11.3 Å². The van der Waals surface area contributed by atoms with Crippen molar-refractivity contribution in [3.05, 3.63) is 41.4 Å². The average Bonchev–Trinajstić information content (AvgIpc) is 2.97. The van der Waals surface area contributed by atoms with Gasteiger partial charge >= 0.3 is 12.3 Å². The fourth-order valence-electron chi connectivity index (χ4n) is 2.34. The summed E-state index contributed by atoms with van der Waals surface area (Å²) in [5.41, 5.74) is 7.02. The van der Waals surface area contributed by atoms with Crippen LogP contribution in [0.5, 0.6) is 0 Å². The third-order valence-electron chi connectivity index (χ3n) is 3.69. The van der Waals surface area contributed by atoms with Crippen LogP contribution in [0.4, 0.5) is 29.5 Å². The number of hydrogen-bond donors (Lipinski definition) is 2. The zero-order valence-electron chi connectivity index (χ0n) is 13.8. The van der Waals surface area contributed by atoms with Crippen LogP contribution in [-0.2, 0) is 5.92 Å². The van der Waals surface area contributed by atoms with E-state index in [1.165, 1.54) is 0 Å². The Morgan fingerprint density at radius 3 is 2.58 bits per heavy atom. The third kappa shape index (κ3) is 3.39. The number of nitrogens with one attached hydrogen (secondary N) is 1. The molecule has 3 rings (SSSR count). The molecule has 26 heavy (non-hydrogen) atoms. The van der Waals surface area contributed by atoms with Gasteiger partial charge in [-0.3, -0.25) is 0 Å². The van der Waals surface area contributed by atoms with Crippen LogP contribution in [-0.4, -0.2) is 21.4 Å². The molecule has 0 aliphatic carbocycles. The van der Waals surface area contributed by atoms with Gasteiger partial charge in [-0.2, -0.15) is 23.7 Å². The molecule has 138 valence electrons. The SMILES string of the molecule is Cc1ccc2cc(C(C)Nc3nc(N)nc(C(F)(F)C(F)F)n3)oc2c1. The maximum Gasteiger partial charge on any atom is 0.365 e. The summed E-state index contributed by atoms with van der Waals surface area (Å²) in [6.07, 6.45) is -3.96. The molecule has 0 spiro atoms. The van der Waals surface area contributed by atoms with Gasteiger partial charge in [-0.15, -0.1) is 0 Å².